The number of hydrogen-bond acceptors (Lipinski definition) is 4. The minimum Gasteiger partial charge on any atom is -0.393 e. The molecule has 1 aromatic rings. The number of hydrogen-bond donors (Lipinski definition) is 1. The summed E-state index contributed by atoms with van der Waals surface area (Å²) in [5.74, 6) is 0.147. The minimum atomic E-state index is -0.0119. The number of amides is 1. The number of nitrogens with zero attached hydrogens (tertiary/aromatic N) is 2. The Morgan fingerprint density at radius 1 is 1.69 bits per heavy atom. The Balaban J connectivity index is 2.05. The van der Waals surface area contributed by atoms with E-state index in [1.807, 2.05) is 0 Å². The molecule has 4 nitrogen and oxygen atoms in total. The Morgan fingerprint density at radius 3 is 3.12 bits per heavy atom. The Hall–Kier alpha value is -1.01. The number of carbonyl (C=O) groups excluding carboxylic acids is 1. The second kappa shape index (κ2) is 4.88. The SMILES string of the molecule is NC(=S)C1CCCN(C(=O)c2cscn2)C1. The lowest BCUT2D eigenvalue weighted by Gasteiger charge is -2.31. The standard InChI is InChI=1S/C10H13N3OS2/c11-9(15)7-2-1-3-13(4-7)10(14)8-5-16-6-12-8/h5-7H,1-4H2,(H2,11,15). The predicted molar refractivity (Wildman–Crippen MR) is 67.5 cm³/mol. The van der Waals surface area contributed by atoms with Gasteiger partial charge in [-0.3, -0.25) is 4.79 Å². The van der Waals surface area contributed by atoms with Gasteiger partial charge in [-0.25, -0.2) is 4.98 Å². The van der Waals surface area contributed by atoms with Crippen LogP contribution in [0, 0.1) is 5.92 Å². The molecule has 1 aliphatic rings. The minimum absolute atomic E-state index is 0.0119. The molecule has 0 spiro atoms. The first-order valence-electron chi connectivity index (χ1n) is 5.15. The summed E-state index contributed by atoms with van der Waals surface area (Å²) in [7, 11) is 0. The Bertz CT molecular complexity index is 391. The third-order valence-corrected chi connectivity index (χ3v) is 3.68. The molecule has 1 aliphatic heterocycles. The maximum Gasteiger partial charge on any atom is 0.273 e. The number of thiocarbonyl (C=S) groups is 1. The van der Waals surface area contributed by atoms with Gasteiger partial charge in [0, 0.05) is 24.4 Å². The van der Waals surface area contributed by atoms with Crippen molar-refractivity contribution >= 4 is 34.5 Å². The summed E-state index contributed by atoms with van der Waals surface area (Å²) in [6, 6.07) is 0. The summed E-state index contributed by atoms with van der Waals surface area (Å²) >= 11 is 6.41. The predicted octanol–water partition coefficient (Wildman–Crippen LogP) is 1.28. The smallest absolute Gasteiger partial charge is 0.273 e. The summed E-state index contributed by atoms with van der Waals surface area (Å²) in [5.41, 5.74) is 7.82. The van der Waals surface area contributed by atoms with Crippen molar-refractivity contribution in [3.8, 4) is 0 Å². The van der Waals surface area contributed by atoms with E-state index in [2.05, 4.69) is 4.98 Å². The average molecular weight is 255 g/mol. The molecule has 1 fully saturated rings. The molecule has 1 amide bonds. The van der Waals surface area contributed by atoms with E-state index in [-0.39, 0.29) is 11.8 Å². The van der Waals surface area contributed by atoms with Crippen molar-refractivity contribution in [1.82, 2.24) is 9.88 Å². The van der Waals surface area contributed by atoms with Crippen molar-refractivity contribution < 1.29 is 4.79 Å². The molecular formula is C10H13N3OS2. The van der Waals surface area contributed by atoms with Gasteiger partial charge in [-0.2, -0.15) is 0 Å². The molecule has 0 aliphatic carbocycles. The third kappa shape index (κ3) is 2.38. The zero-order valence-corrected chi connectivity index (χ0v) is 10.4. The van der Waals surface area contributed by atoms with Crippen LogP contribution in [0.4, 0.5) is 0 Å². The van der Waals surface area contributed by atoms with Crippen molar-refractivity contribution in [3.05, 3.63) is 16.6 Å². The van der Waals surface area contributed by atoms with Crippen LogP contribution in [0.1, 0.15) is 23.3 Å². The largest absolute Gasteiger partial charge is 0.393 e. The molecule has 1 aromatic heterocycles. The molecule has 1 unspecified atom stereocenters. The normalized spacial score (nSPS) is 20.8. The first-order chi connectivity index (χ1) is 7.68. The van der Waals surface area contributed by atoms with E-state index in [0.717, 1.165) is 19.4 Å². The Kier molecular flexibility index (Phi) is 3.50. The zero-order chi connectivity index (χ0) is 11.5. The fourth-order valence-electron chi connectivity index (χ4n) is 1.87. The first kappa shape index (κ1) is 11.5. The van der Waals surface area contributed by atoms with Crippen molar-refractivity contribution in [3.63, 3.8) is 0 Å². The van der Waals surface area contributed by atoms with Gasteiger partial charge in [0.1, 0.15) is 5.69 Å². The number of nitrogens with two attached hydrogens (primary N) is 1. The summed E-state index contributed by atoms with van der Waals surface area (Å²) in [4.78, 5) is 18.3. The van der Waals surface area contributed by atoms with E-state index in [1.165, 1.54) is 11.3 Å². The second-order valence-electron chi connectivity index (χ2n) is 3.87. The molecule has 6 heteroatoms. The number of rotatable bonds is 2. The average Bonchev–Trinajstić information content (AvgIpc) is 2.81. The highest BCUT2D eigenvalue weighted by Gasteiger charge is 2.26. The highest BCUT2D eigenvalue weighted by Crippen LogP contribution is 2.18. The Morgan fingerprint density at radius 2 is 2.50 bits per heavy atom. The number of carbonyl (C=O) groups is 1. The molecule has 0 bridgehead atoms. The molecule has 0 aromatic carbocycles. The summed E-state index contributed by atoms with van der Waals surface area (Å²) in [5, 5.41) is 1.77. The lowest BCUT2D eigenvalue weighted by Crippen LogP contribution is -2.43. The highest BCUT2D eigenvalue weighted by molar-refractivity contribution is 7.80. The van der Waals surface area contributed by atoms with Crippen LogP contribution in [0.15, 0.2) is 10.9 Å². The van der Waals surface area contributed by atoms with Crippen LogP contribution in [-0.4, -0.2) is 33.9 Å². The van der Waals surface area contributed by atoms with Gasteiger partial charge in [0.2, 0.25) is 0 Å². The molecule has 86 valence electrons. The first-order valence-corrected chi connectivity index (χ1v) is 6.50. The van der Waals surface area contributed by atoms with Crippen LogP contribution in [0.3, 0.4) is 0 Å². The number of aromatic nitrogens is 1. The monoisotopic (exact) mass is 255 g/mol. The van der Waals surface area contributed by atoms with Crippen LogP contribution in [-0.2, 0) is 0 Å². The van der Waals surface area contributed by atoms with Crippen molar-refractivity contribution in [2.24, 2.45) is 11.7 Å². The van der Waals surface area contributed by atoms with Gasteiger partial charge in [-0.15, -0.1) is 11.3 Å². The van der Waals surface area contributed by atoms with Gasteiger partial charge in [0.05, 0.1) is 10.5 Å². The van der Waals surface area contributed by atoms with Crippen LogP contribution in [0.5, 0.6) is 0 Å². The molecule has 0 radical (unpaired) electrons. The van der Waals surface area contributed by atoms with E-state index in [4.69, 9.17) is 18.0 Å². The second-order valence-corrected chi connectivity index (χ2v) is 5.06. The number of likely N-dealkylation sites (tertiary alicyclic amines) is 1. The number of thiazole rings is 1. The lowest BCUT2D eigenvalue weighted by atomic mass is 9.98. The van der Waals surface area contributed by atoms with Crippen molar-refractivity contribution in [2.45, 2.75) is 12.8 Å². The third-order valence-electron chi connectivity index (χ3n) is 2.76. The van der Waals surface area contributed by atoms with Gasteiger partial charge in [0.15, 0.2) is 0 Å². The quantitative estimate of drug-likeness (QED) is 0.809. The Labute approximate surface area is 103 Å². The van der Waals surface area contributed by atoms with Crippen molar-refractivity contribution in [2.75, 3.05) is 13.1 Å². The van der Waals surface area contributed by atoms with Crippen LogP contribution < -0.4 is 5.73 Å². The molecule has 1 saturated heterocycles. The molecule has 16 heavy (non-hydrogen) atoms. The fraction of sp³-hybridized carbons (Fsp3) is 0.500. The molecular weight excluding hydrogens is 242 g/mol. The zero-order valence-electron chi connectivity index (χ0n) is 8.76. The molecule has 1 atom stereocenters. The van der Waals surface area contributed by atoms with Crippen LogP contribution in [0.25, 0.3) is 0 Å². The fourth-order valence-corrected chi connectivity index (χ4v) is 2.59. The van der Waals surface area contributed by atoms with Gasteiger partial charge >= 0.3 is 0 Å². The molecule has 2 heterocycles. The van der Waals surface area contributed by atoms with E-state index < -0.39 is 0 Å². The van der Waals surface area contributed by atoms with Gasteiger partial charge in [0.25, 0.3) is 5.91 Å². The summed E-state index contributed by atoms with van der Waals surface area (Å²) in [6.45, 7) is 1.40. The van der Waals surface area contributed by atoms with E-state index in [0.29, 0.717) is 17.2 Å². The van der Waals surface area contributed by atoms with Crippen LogP contribution >= 0.6 is 23.6 Å². The van der Waals surface area contributed by atoms with Gasteiger partial charge < -0.3 is 10.6 Å². The topological polar surface area (TPSA) is 59.2 Å². The molecule has 2 rings (SSSR count). The van der Waals surface area contributed by atoms with E-state index in [9.17, 15) is 4.79 Å². The van der Waals surface area contributed by atoms with Gasteiger partial charge in [-0.1, -0.05) is 12.2 Å². The summed E-state index contributed by atoms with van der Waals surface area (Å²) < 4.78 is 0. The van der Waals surface area contributed by atoms with Crippen molar-refractivity contribution in [1.29, 1.82) is 0 Å². The summed E-state index contributed by atoms with van der Waals surface area (Å²) in [6.07, 6.45) is 1.94. The number of piperidine rings is 1. The molecule has 2 N–H and O–H groups in total. The lowest BCUT2D eigenvalue weighted by molar-refractivity contribution is 0.0698. The van der Waals surface area contributed by atoms with Crippen LogP contribution in [0.2, 0.25) is 0 Å². The highest BCUT2D eigenvalue weighted by atomic mass is 32.1. The van der Waals surface area contributed by atoms with Gasteiger partial charge in [-0.05, 0) is 12.8 Å². The van der Waals surface area contributed by atoms with E-state index >= 15 is 0 Å². The van der Waals surface area contributed by atoms with E-state index in [1.54, 1.807) is 15.8 Å². The maximum absolute atomic E-state index is 12.0. The maximum atomic E-state index is 12.0. The molecule has 0 saturated carbocycles.